The van der Waals surface area contributed by atoms with Crippen LogP contribution in [0, 0.1) is 0 Å². The molecule has 3 nitrogen and oxygen atoms in total. The Bertz CT molecular complexity index is 663. The molecule has 1 saturated heterocycles. The molecule has 3 rings (SSSR count). The number of ether oxygens (including phenoxy) is 1. The van der Waals surface area contributed by atoms with E-state index in [1.165, 1.54) is 0 Å². The lowest BCUT2D eigenvalue weighted by atomic mass is 9.75. The molecule has 1 aliphatic rings. The zero-order valence-corrected chi connectivity index (χ0v) is 13.3. The fourth-order valence-corrected chi connectivity index (χ4v) is 2.66. The molecule has 110 valence electrons. The van der Waals surface area contributed by atoms with Crippen LogP contribution in [0.25, 0.3) is 10.8 Å². The van der Waals surface area contributed by atoms with Gasteiger partial charge in [-0.2, -0.15) is 0 Å². The third-order valence-electron chi connectivity index (χ3n) is 4.64. The van der Waals surface area contributed by atoms with Gasteiger partial charge in [-0.15, -0.1) is 0 Å². The Kier molecular flexibility index (Phi) is 3.26. The number of benzene rings is 2. The van der Waals surface area contributed by atoms with Gasteiger partial charge >= 0.3 is 7.12 Å². The minimum atomic E-state index is -0.420. The topological polar surface area (TPSA) is 27.7 Å². The Balaban J connectivity index is 2.16. The molecule has 0 spiro atoms. The second-order valence-corrected chi connectivity index (χ2v) is 6.49. The predicted molar refractivity (Wildman–Crippen MR) is 86.2 cm³/mol. The van der Waals surface area contributed by atoms with E-state index in [0.717, 1.165) is 22.0 Å². The van der Waals surface area contributed by atoms with Gasteiger partial charge in [0.25, 0.3) is 0 Å². The Morgan fingerprint density at radius 2 is 1.52 bits per heavy atom. The molecule has 0 atom stereocenters. The van der Waals surface area contributed by atoms with E-state index in [1.807, 2.05) is 18.2 Å². The molecule has 0 radical (unpaired) electrons. The fourth-order valence-electron chi connectivity index (χ4n) is 2.66. The van der Waals surface area contributed by atoms with E-state index in [0.29, 0.717) is 0 Å². The van der Waals surface area contributed by atoms with Crippen molar-refractivity contribution in [1.82, 2.24) is 0 Å². The second-order valence-electron chi connectivity index (χ2n) is 6.49. The summed E-state index contributed by atoms with van der Waals surface area (Å²) in [7, 11) is 1.26. The maximum absolute atomic E-state index is 6.20. The van der Waals surface area contributed by atoms with E-state index in [-0.39, 0.29) is 11.2 Å². The van der Waals surface area contributed by atoms with Crippen LogP contribution < -0.4 is 10.2 Å². The highest BCUT2D eigenvalue weighted by atomic mass is 16.7. The van der Waals surface area contributed by atoms with Crippen LogP contribution in [0.1, 0.15) is 27.7 Å². The zero-order chi connectivity index (χ0) is 15.3. The molecule has 4 heteroatoms. The van der Waals surface area contributed by atoms with Crippen LogP contribution in [-0.4, -0.2) is 25.4 Å². The Hall–Kier alpha value is -1.52. The molecule has 2 aromatic rings. The molecule has 0 saturated carbocycles. The minimum Gasteiger partial charge on any atom is -0.497 e. The first-order valence-corrected chi connectivity index (χ1v) is 7.27. The molecule has 1 heterocycles. The Labute approximate surface area is 126 Å². The lowest BCUT2D eigenvalue weighted by Crippen LogP contribution is -2.41. The van der Waals surface area contributed by atoms with Crippen molar-refractivity contribution in [2.45, 2.75) is 38.9 Å². The minimum absolute atomic E-state index is 0.361. The van der Waals surface area contributed by atoms with Crippen LogP contribution in [0.15, 0.2) is 36.4 Å². The molecule has 0 unspecified atom stereocenters. The number of fused-ring (bicyclic) bond motifs is 1. The quantitative estimate of drug-likeness (QED) is 0.793. The zero-order valence-electron chi connectivity index (χ0n) is 13.3. The van der Waals surface area contributed by atoms with Crippen LogP contribution in [0.3, 0.4) is 0 Å². The summed E-state index contributed by atoms with van der Waals surface area (Å²) in [6, 6.07) is 12.3. The molecule has 0 N–H and O–H groups in total. The monoisotopic (exact) mass is 284 g/mol. The maximum Gasteiger partial charge on any atom is 0.499 e. The first kappa shape index (κ1) is 14.4. The number of methoxy groups -OCH3 is 1. The molecular weight excluding hydrogens is 263 g/mol. The SMILES string of the molecule is COc1ccc2ccccc2c1B1OC(C)(C)C(C)(C)O1. The van der Waals surface area contributed by atoms with Crippen molar-refractivity contribution < 1.29 is 14.0 Å². The average molecular weight is 284 g/mol. The summed E-state index contributed by atoms with van der Waals surface area (Å²) >= 11 is 0. The van der Waals surface area contributed by atoms with Gasteiger partial charge in [-0.25, -0.2) is 0 Å². The average Bonchev–Trinajstić information content (AvgIpc) is 2.65. The highest BCUT2D eigenvalue weighted by Crippen LogP contribution is 2.38. The van der Waals surface area contributed by atoms with Crippen molar-refractivity contribution in [1.29, 1.82) is 0 Å². The van der Waals surface area contributed by atoms with Crippen LogP contribution in [-0.2, 0) is 9.31 Å². The summed E-state index contributed by atoms with van der Waals surface area (Å²) in [6.45, 7) is 8.24. The van der Waals surface area contributed by atoms with Crippen LogP contribution in [0.4, 0.5) is 0 Å². The first-order chi connectivity index (χ1) is 9.86. The standard InChI is InChI=1S/C17H21BO3/c1-16(2)17(3,4)21-18(20-16)15-13-9-7-6-8-12(13)10-11-14(15)19-5/h6-11H,1-5H3. The van der Waals surface area contributed by atoms with E-state index < -0.39 is 7.12 Å². The van der Waals surface area contributed by atoms with Gasteiger partial charge in [0.2, 0.25) is 0 Å². The highest BCUT2D eigenvalue weighted by molar-refractivity contribution is 6.66. The summed E-state index contributed by atoms with van der Waals surface area (Å²) in [4.78, 5) is 0. The van der Waals surface area contributed by atoms with Crippen molar-refractivity contribution in [2.24, 2.45) is 0 Å². The molecular formula is C17H21BO3. The normalized spacial score (nSPS) is 20.0. The number of hydrogen-bond donors (Lipinski definition) is 0. The molecule has 1 fully saturated rings. The van der Waals surface area contributed by atoms with E-state index in [9.17, 15) is 0 Å². The largest absolute Gasteiger partial charge is 0.499 e. The van der Waals surface area contributed by atoms with E-state index >= 15 is 0 Å². The third kappa shape index (κ3) is 2.23. The predicted octanol–water partition coefficient (Wildman–Crippen LogP) is 3.15. The van der Waals surface area contributed by atoms with Gasteiger partial charge in [0.15, 0.2) is 0 Å². The van der Waals surface area contributed by atoms with Gasteiger partial charge in [0.05, 0.1) is 18.3 Å². The van der Waals surface area contributed by atoms with Crippen LogP contribution in [0.2, 0.25) is 0 Å². The van der Waals surface area contributed by atoms with Crippen molar-refractivity contribution in [2.75, 3.05) is 7.11 Å². The van der Waals surface area contributed by atoms with Gasteiger partial charge < -0.3 is 14.0 Å². The second kappa shape index (κ2) is 4.75. The third-order valence-corrected chi connectivity index (χ3v) is 4.64. The van der Waals surface area contributed by atoms with Gasteiger partial charge in [0, 0.05) is 5.46 Å². The van der Waals surface area contributed by atoms with Crippen molar-refractivity contribution in [3.8, 4) is 5.75 Å². The van der Waals surface area contributed by atoms with Gasteiger partial charge in [-0.05, 0) is 44.5 Å². The molecule has 0 bridgehead atoms. The molecule has 21 heavy (non-hydrogen) atoms. The number of hydrogen-bond acceptors (Lipinski definition) is 3. The lowest BCUT2D eigenvalue weighted by Gasteiger charge is -2.32. The molecule has 0 aromatic heterocycles. The molecule has 2 aromatic carbocycles. The molecule has 0 amide bonds. The summed E-state index contributed by atoms with van der Waals surface area (Å²) < 4.78 is 17.9. The summed E-state index contributed by atoms with van der Waals surface area (Å²) in [5.74, 6) is 0.798. The van der Waals surface area contributed by atoms with Crippen LogP contribution >= 0.6 is 0 Å². The van der Waals surface area contributed by atoms with E-state index in [4.69, 9.17) is 14.0 Å². The molecule has 0 aliphatic carbocycles. The van der Waals surface area contributed by atoms with E-state index in [1.54, 1.807) is 7.11 Å². The summed E-state index contributed by atoms with van der Waals surface area (Å²) in [5, 5.41) is 2.26. The van der Waals surface area contributed by atoms with Crippen molar-refractivity contribution in [3.05, 3.63) is 36.4 Å². The number of rotatable bonds is 2. The molecule has 1 aliphatic heterocycles. The first-order valence-electron chi connectivity index (χ1n) is 7.27. The smallest absolute Gasteiger partial charge is 0.497 e. The lowest BCUT2D eigenvalue weighted by molar-refractivity contribution is 0.00578. The fraction of sp³-hybridized carbons (Fsp3) is 0.412. The van der Waals surface area contributed by atoms with Crippen molar-refractivity contribution >= 4 is 23.4 Å². The Morgan fingerprint density at radius 3 is 2.14 bits per heavy atom. The summed E-state index contributed by atoms with van der Waals surface area (Å²) in [6.07, 6.45) is 0. The van der Waals surface area contributed by atoms with Gasteiger partial charge in [-0.3, -0.25) is 0 Å². The van der Waals surface area contributed by atoms with Crippen molar-refractivity contribution in [3.63, 3.8) is 0 Å². The maximum atomic E-state index is 6.20. The van der Waals surface area contributed by atoms with Gasteiger partial charge in [0.1, 0.15) is 5.75 Å². The highest BCUT2D eigenvalue weighted by Gasteiger charge is 2.52. The Morgan fingerprint density at radius 1 is 0.905 bits per heavy atom. The summed E-state index contributed by atoms with van der Waals surface area (Å²) in [5.41, 5.74) is 0.244. The van der Waals surface area contributed by atoms with Gasteiger partial charge in [-0.1, -0.05) is 30.3 Å². The van der Waals surface area contributed by atoms with E-state index in [2.05, 4.69) is 45.9 Å². The van der Waals surface area contributed by atoms with Crippen LogP contribution in [0.5, 0.6) is 5.75 Å².